The summed E-state index contributed by atoms with van der Waals surface area (Å²) < 4.78 is 14.0. The first-order valence-electron chi connectivity index (χ1n) is 6.57. The third-order valence-corrected chi connectivity index (χ3v) is 4.30. The highest BCUT2D eigenvalue weighted by Gasteiger charge is 2.51. The maximum atomic E-state index is 6.06. The van der Waals surface area contributed by atoms with Gasteiger partial charge in [0.25, 0.3) is 0 Å². The molecule has 1 saturated heterocycles. The molecule has 0 spiro atoms. The van der Waals surface area contributed by atoms with Crippen molar-refractivity contribution < 1.29 is 9.31 Å². The monoisotopic (exact) mass is 258 g/mol. The standard InChI is InChI=1S/C14H19BN2O2/c1-13(2)14(3,4)19-15(18-13)11-7-6-10-9-16-17(5)12(10)8-11/h6-9H,1-5H3. The predicted octanol–water partition coefficient (Wildman–Crippen LogP) is 1.87. The van der Waals surface area contributed by atoms with Gasteiger partial charge < -0.3 is 9.31 Å². The van der Waals surface area contributed by atoms with E-state index in [1.807, 2.05) is 24.0 Å². The summed E-state index contributed by atoms with van der Waals surface area (Å²) in [7, 11) is 1.63. The van der Waals surface area contributed by atoms with Crippen molar-refractivity contribution in [1.82, 2.24) is 9.78 Å². The summed E-state index contributed by atoms with van der Waals surface area (Å²) in [6, 6.07) is 6.19. The first kappa shape index (κ1) is 12.7. The molecule has 100 valence electrons. The van der Waals surface area contributed by atoms with Crippen LogP contribution in [0.4, 0.5) is 0 Å². The third-order valence-electron chi connectivity index (χ3n) is 4.30. The zero-order chi connectivity index (χ0) is 13.8. The Morgan fingerprint density at radius 2 is 1.74 bits per heavy atom. The van der Waals surface area contributed by atoms with Gasteiger partial charge in [-0.1, -0.05) is 12.1 Å². The number of rotatable bonds is 1. The summed E-state index contributed by atoms with van der Waals surface area (Å²) in [6.07, 6.45) is 1.86. The van der Waals surface area contributed by atoms with Crippen molar-refractivity contribution in [3.05, 3.63) is 24.4 Å². The van der Waals surface area contributed by atoms with Gasteiger partial charge in [-0.15, -0.1) is 0 Å². The van der Waals surface area contributed by atoms with Gasteiger partial charge in [0.2, 0.25) is 0 Å². The van der Waals surface area contributed by atoms with E-state index in [-0.39, 0.29) is 18.3 Å². The lowest BCUT2D eigenvalue weighted by Gasteiger charge is -2.32. The number of hydrogen-bond donors (Lipinski definition) is 0. The van der Waals surface area contributed by atoms with E-state index in [1.165, 1.54) is 0 Å². The highest BCUT2D eigenvalue weighted by Crippen LogP contribution is 2.36. The van der Waals surface area contributed by atoms with Crippen LogP contribution in [0.25, 0.3) is 10.9 Å². The molecule has 0 N–H and O–H groups in total. The summed E-state index contributed by atoms with van der Waals surface area (Å²) in [5.41, 5.74) is 1.51. The van der Waals surface area contributed by atoms with E-state index in [4.69, 9.17) is 9.31 Å². The first-order valence-corrected chi connectivity index (χ1v) is 6.57. The summed E-state index contributed by atoms with van der Waals surface area (Å²) >= 11 is 0. The van der Waals surface area contributed by atoms with Gasteiger partial charge in [0.15, 0.2) is 0 Å². The minimum Gasteiger partial charge on any atom is -0.399 e. The van der Waals surface area contributed by atoms with Crippen LogP contribution in [0, 0.1) is 0 Å². The summed E-state index contributed by atoms with van der Waals surface area (Å²) in [4.78, 5) is 0. The highest BCUT2D eigenvalue weighted by atomic mass is 16.7. The van der Waals surface area contributed by atoms with E-state index in [0.29, 0.717) is 0 Å². The molecule has 2 heterocycles. The Bertz CT molecular complexity index is 617. The van der Waals surface area contributed by atoms with Crippen LogP contribution in [0.3, 0.4) is 0 Å². The van der Waals surface area contributed by atoms with Gasteiger partial charge in [-0.05, 0) is 39.2 Å². The van der Waals surface area contributed by atoms with Gasteiger partial charge in [0.1, 0.15) is 0 Å². The molecule has 0 radical (unpaired) electrons. The average molecular weight is 258 g/mol. The van der Waals surface area contributed by atoms with Crippen molar-refractivity contribution in [3.63, 3.8) is 0 Å². The molecule has 0 saturated carbocycles. The second-order valence-electron chi connectivity index (χ2n) is 6.17. The van der Waals surface area contributed by atoms with E-state index < -0.39 is 0 Å². The number of hydrogen-bond acceptors (Lipinski definition) is 3. The Morgan fingerprint density at radius 1 is 1.11 bits per heavy atom. The van der Waals surface area contributed by atoms with Crippen molar-refractivity contribution in [2.75, 3.05) is 0 Å². The lowest BCUT2D eigenvalue weighted by atomic mass is 9.79. The van der Waals surface area contributed by atoms with E-state index in [1.54, 1.807) is 0 Å². The lowest BCUT2D eigenvalue weighted by Crippen LogP contribution is -2.41. The van der Waals surface area contributed by atoms with Crippen LogP contribution in [0.1, 0.15) is 27.7 Å². The molecule has 4 nitrogen and oxygen atoms in total. The molecule has 0 atom stereocenters. The SMILES string of the molecule is Cn1ncc2ccc(B3OC(C)(C)C(C)(C)O3)cc21. The second-order valence-corrected chi connectivity index (χ2v) is 6.17. The molecule has 19 heavy (non-hydrogen) atoms. The molecule has 0 unspecified atom stereocenters. The average Bonchev–Trinajstić information content (AvgIpc) is 2.78. The summed E-state index contributed by atoms with van der Waals surface area (Å²) in [5.74, 6) is 0. The molecule has 1 aliphatic rings. The van der Waals surface area contributed by atoms with Crippen LogP contribution >= 0.6 is 0 Å². The zero-order valence-electron chi connectivity index (χ0n) is 12.1. The van der Waals surface area contributed by atoms with Crippen LogP contribution < -0.4 is 5.46 Å². The van der Waals surface area contributed by atoms with Gasteiger partial charge >= 0.3 is 7.12 Å². The molecular weight excluding hydrogens is 239 g/mol. The Kier molecular flexibility index (Phi) is 2.56. The molecule has 1 aromatic heterocycles. The Balaban J connectivity index is 2.00. The number of aromatic nitrogens is 2. The van der Waals surface area contributed by atoms with Gasteiger partial charge in [-0.25, -0.2) is 0 Å². The molecule has 1 fully saturated rings. The number of nitrogens with zero attached hydrogens (tertiary/aromatic N) is 2. The minimum atomic E-state index is -0.315. The van der Waals surface area contributed by atoms with Gasteiger partial charge in [-0.2, -0.15) is 5.10 Å². The molecule has 2 aromatic rings. The lowest BCUT2D eigenvalue weighted by molar-refractivity contribution is 0.00578. The molecular formula is C14H19BN2O2. The summed E-state index contributed by atoms with van der Waals surface area (Å²) in [6.45, 7) is 8.26. The van der Waals surface area contributed by atoms with Crippen LogP contribution in [-0.4, -0.2) is 28.1 Å². The quantitative estimate of drug-likeness (QED) is 0.733. The molecule has 0 amide bonds. The van der Waals surface area contributed by atoms with E-state index in [0.717, 1.165) is 16.4 Å². The maximum Gasteiger partial charge on any atom is 0.494 e. The largest absolute Gasteiger partial charge is 0.494 e. The molecule has 1 aliphatic heterocycles. The smallest absolute Gasteiger partial charge is 0.399 e. The fourth-order valence-corrected chi connectivity index (χ4v) is 2.29. The fourth-order valence-electron chi connectivity index (χ4n) is 2.29. The second kappa shape index (κ2) is 3.84. The van der Waals surface area contributed by atoms with E-state index >= 15 is 0 Å². The van der Waals surface area contributed by atoms with Crippen LogP contribution in [0.15, 0.2) is 24.4 Å². The van der Waals surface area contributed by atoms with Crippen molar-refractivity contribution >= 4 is 23.5 Å². The fraction of sp³-hybridized carbons (Fsp3) is 0.500. The summed E-state index contributed by atoms with van der Waals surface area (Å²) in [5, 5.41) is 5.38. The van der Waals surface area contributed by atoms with E-state index in [9.17, 15) is 0 Å². The molecule has 1 aromatic carbocycles. The normalized spacial score (nSPS) is 21.2. The number of aryl methyl sites for hydroxylation is 1. The van der Waals surface area contributed by atoms with Crippen molar-refractivity contribution in [3.8, 4) is 0 Å². The first-order chi connectivity index (χ1) is 8.80. The Labute approximate surface area is 113 Å². The molecule has 3 rings (SSSR count). The van der Waals surface area contributed by atoms with Crippen LogP contribution in [0.5, 0.6) is 0 Å². The molecule has 0 bridgehead atoms. The zero-order valence-corrected chi connectivity index (χ0v) is 12.1. The predicted molar refractivity (Wildman–Crippen MR) is 76.4 cm³/mol. The van der Waals surface area contributed by atoms with Crippen LogP contribution in [0.2, 0.25) is 0 Å². The third kappa shape index (κ3) is 1.88. The Hall–Kier alpha value is -1.33. The number of benzene rings is 1. The highest BCUT2D eigenvalue weighted by molar-refractivity contribution is 6.62. The van der Waals surface area contributed by atoms with E-state index in [2.05, 4.69) is 44.9 Å². The maximum absolute atomic E-state index is 6.06. The molecule has 0 aliphatic carbocycles. The van der Waals surface area contributed by atoms with Crippen molar-refractivity contribution in [1.29, 1.82) is 0 Å². The number of fused-ring (bicyclic) bond motifs is 1. The van der Waals surface area contributed by atoms with Gasteiger partial charge in [0.05, 0.1) is 22.9 Å². The van der Waals surface area contributed by atoms with Gasteiger partial charge in [0, 0.05) is 12.4 Å². The van der Waals surface area contributed by atoms with Gasteiger partial charge in [-0.3, -0.25) is 4.68 Å². The molecule has 5 heteroatoms. The Morgan fingerprint density at radius 3 is 2.37 bits per heavy atom. The van der Waals surface area contributed by atoms with Crippen LogP contribution in [-0.2, 0) is 16.4 Å². The minimum absolute atomic E-state index is 0.306. The topological polar surface area (TPSA) is 36.3 Å². The van der Waals surface area contributed by atoms with Crippen molar-refractivity contribution in [2.45, 2.75) is 38.9 Å². The van der Waals surface area contributed by atoms with Crippen molar-refractivity contribution in [2.24, 2.45) is 7.05 Å².